The minimum Gasteiger partial charge on any atom is -0.495 e. The first-order chi connectivity index (χ1) is 11.2. The number of benzene rings is 1. The van der Waals surface area contributed by atoms with E-state index in [2.05, 4.69) is 16.0 Å². The third kappa shape index (κ3) is 3.91. The van der Waals surface area contributed by atoms with Crippen LogP contribution in [0.25, 0.3) is 0 Å². The van der Waals surface area contributed by atoms with E-state index in [0.29, 0.717) is 30.1 Å². The molecule has 3 rings (SSSR count). The van der Waals surface area contributed by atoms with Gasteiger partial charge in [-0.05, 0) is 37.6 Å². The second kappa shape index (κ2) is 8.21. The summed E-state index contributed by atoms with van der Waals surface area (Å²) in [5, 5.41) is 9.07. The maximum atomic E-state index is 12.5. The maximum absolute atomic E-state index is 12.5. The summed E-state index contributed by atoms with van der Waals surface area (Å²) in [7, 11) is 1.56. The molecule has 0 aliphatic carbocycles. The van der Waals surface area contributed by atoms with Gasteiger partial charge in [-0.1, -0.05) is 0 Å². The number of piperidine rings is 1. The van der Waals surface area contributed by atoms with Crippen molar-refractivity contribution in [1.29, 1.82) is 0 Å². The molecule has 0 spiro atoms. The highest BCUT2D eigenvalue weighted by molar-refractivity contribution is 6.00. The van der Waals surface area contributed by atoms with Gasteiger partial charge in [-0.15, -0.1) is 12.4 Å². The van der Waals surface area contributed by atoms with E-state index < -0.39 is 0 Å². The molecule has 1 aromatic rings. The number of hydrogen-bond acceptors (Lipinski definition) is 4. The Morgan fingerprint density at radius 1 is 1.38 bits per heavy atom. The average molecular weight is 355 g/mol. The minimum absolute atomic E-state index is 0. The molecule has 1 aromatic carbocycles. The van der Waals surface area contributed by atoms with Crippen LogP contribution in [-0.2, 0) is 0 Å². The van der Waals surface area contributed by atoms with Gasteiger partial charge in [-0.25, -0.2) is 4.79 Å². The van der Waals surface area contributed by atoms with Crippen molar-refractivity contribution < 1.29 is 14.3 Å². The lowest BCUT2D eigenvalue weighted by atomic mass is 10.1. The van der Waals surface area contributed by atoms with Crippen LogP contribution in [0.15, 0.2) is 18.2 Å². The molecule has 1 unspecified atom stereocenters. The third-order valence-electron chi connectivity index (χ3n) is 4.22. The van der Waals surface area contributed by atoms with Gasteiger partial charge in [0.15, 0.2) is 0 Å². The molecule has 2 fully saturated rings. The molecule has 2 heterocycles. The van der Waals surface area contributed by atoms with Gasteiger partial charge in [-0.3, -0.25) is 9.69 Å². The van der Waals surface area contributed by atoms with Crippen LogP contribution < -0.4 is 25.6 Å². The Morgan fingerprint density at radius 2 is 2.21 bits per heavy atom. The van der Waals surface area contributed by atoms with Crippen LogP contribution in [0.1, 0.15) is 23.2 Å². The SMILES string of the molecule is COc1ccc(C(=O)NC2CCCNC2)cc1N1CCNC1=O.Cl. The number of carbonyl (C=O) groups is 2. The number of nitrogens with zero attached hydrogens (tertiary/aromatic N) is 1. The Kier molecular flexibility index (Phi) is 6.28. The number of carbonyl (C=O) groups excluding carboxylic acids is 2. The fraction of sp³-hybridized carbons (Fsp3) is 0.500. The fourth-order valence-corrected chi connectivity index (χ4v) is 2.99. The largest absolute Gasteiger partial charge is 0.495 e. The summed E-state index contributed by atoms with van der Waals surface area (Å²) in [6.45, 7) is 2.95. The molecule has 3 amide bonds. The summed E-state index contributed by atoms with van der Waals surface area (Å²) in [4.78, 5) is 25.9. The first kappa shape index (κ1) is 18.4. The number of nitrogens with one attached hydrogen (secondary N) is 3. The van der Waals surface area contributed by atoms with E-state index in [1.54, 1.807) is 30.2 Å². The lowest BCUT2D eigenvalue weighted by Crippen LogP contribution is -2.45. The predicted octanol–water partition coefficient (Wildman–Crippen LogP) is 1.13. The summed E-state index contributed by atoms with van der Waals surface area (Å²) in [6.07, 6.45) is 2.04. The van der Waals surface area contributed by atoms with Gasteiger partial charge < -0.3 is 20.7 Å². The fourth-order valence-electron chi connectivity index (χ4n) is 2.99. The van der Waals surface area contributed by atoms with Crippen LogP contribution >= 0.6 is 12.4 Å². The number of rotatable bonds is 4. The Labute approximate surface area is 147 Å². The zero-order chi connectivity index (χ0) is 16.2. The van der Waals surface area contributed by atoms with E-state index in [9.17, 15) is 9.59 Å². The number of anilines is 1. The van der Waals surface area contributed by atoms with Crippen molar-refractivity contribution >= 4 is 30.0 Å². The summed E-state index contributed by atoms with van der Waals surface area (Å²) in [5.74, 6) is 0.458. The molecule has 7 nitrogen and oxygen atoms in total. The van der Waals surface area contributed by atoms with E-state index in [1.165, 1.54) is 0 Å². The first-order valence-electron chi connectivity index (χ1n) is 7.94. The molecule has 3 N–H and O–H groups in total. The Bertz CT molecular complexity index is 605. The zero-order valence-electron chi connectivity index (χ0n) is 13.6. The van der Waals surface area contributed by atoms with E-state index in [-0.39, 0.29) is 30.4 Å². The van der Waals surface area contributed by atoms with Crippen molar-refractivity contribution in [2.24, 2.45) is 0 Å². The monoisotopic (exact) mass is 354 g/mol. The zero-order valence-corrected chi connectivity index (χ0v) is 14.4. The maximum Gasteiger partial charge on any atom is 0.322 e. The van der Waals surface area contributed by atoms with Gasteiger partial charge in [0.2, 0.25) is 0 Å². The number of amides is 3. The number of urea groups is 1. The molecule has 0 saturated carbocycles. The van der Waals surface area contributed by atoms with Crippen molar-refractivity contribution in [3.63, 3.8) is 0 Å². The van der Waals surface area contributed by atoms with Crippen molar-refractivity contribution in [2.45, 2.75) is 18.9 Å². The molecule has 2 aliphatic rings. The molecule has 2 saturated heterocycles. The number of methoxy groups -OCH3 is 1. The van der Waals surface area contributed by atoms with Crippen molar-refractivity contribution in [1.82, 2.24) is 16.0 Å². The van der Waals surface area contributed by atoms with Crippen molar-refractivity contribution in [3.8, 4) is 5.75 Å². The molecule has 0 aromatic heterocycles. The molecule has 1 atom stereocenters. The summed E-state index contributed by atoms with van der Waals surface area (Å²) in [5.41, 5.74) is 1.16. The Hall–Kier alpha value is -1.99. The lowest BCUT2D eigenvalue weighted by Gasteiger charge is -2.24. The van der Waals surface area contributed by atoms with E-state index in [1.807, 2.05) is 0 Å². The molecule has 0 radical (unpaired) electrons. The second-order valence-corrected chi connectivity index (χ2v) is 5.79. The van der Waals surface area contributed by atoms with Gasteiger partial charge in [0.1, 0.15) is 5.75 Å². The van der Waals surface area contributed by atoms with Crippen LogP contribution in [0.3, 0.4) is 0 Å². The smallest absolute Gasteiger partial charge is 0.322 e. The molecular formula is C16H23ClN4O3. The van der Waals surface area contributed by atoms with Gasteiger partial charge in [0, 0.05) is 31.2 Å². The number of hydrogen-bond donors (Lipinski definition) is 3. The molecule has 24 heavy (non-hydrogen) atoms. The molecule has 132 valence electrons. The van der Waals surface area contributed by atoms with E-state index in [0.717, 1.165) is 25.9 Å². The summed E-state index contributed by atoms with van der Waals surface area (Å²) in [6, 6.07) is 5.15. The lowest BCUT2D eigenvalue weighted by molar-refractivity contribution is 0.0930. The molecule has 8 heteroatoms. The predicted molar refractivity (Wildman–Crippen MR) is 94.3 cm³/mol. The normalized spacial score (nSPS) is 20.1. The molecular weight excluding hydrogens is 332 g/mol. The standard InChI is InChI=1S/C16H22N4O3.ClH/c1-23-14-5-4-11(9-13(14)20-8-7-18-16(20)22)15(21)19-12-3-2-6-17-10-12;/h4-5,9,12,17H,2-3,6-8,10H2,1H3,(H,18,22)(H,19,21);1H. The number of ether oxygens (including phenoxy) is 1. The summed E-state index contributed by atoms with van der Waals surface area (Å²) < 4.78 is 5.33. The highest BCUT2D eigenvalue weighted by Crippen LogP contribution is 2.30. The van der Waals surface area contributed by atoms with Gasteiger partial charge in [-0.2, -0.15) is 0 Å². The third-order valence-corrected chi connectivity index (χ3v) is 4.22. The van der Waals surface area contributed by atoms with Crippen LogP contribution in [-0.4, -0.2) is 51.3 Å². The highest BCUT2D eigenvalue weighted by atomic mass is 35.5. The second-order valence-electron chi connectivity index (χ2n) is 5.79. The summed E-state index contributed by atoms with van der Waals surface area (Å²) >= 11 is 0. The van der Waals surface area contributed by atoms with E-state index in [4.69, 9.17) is 4.74 Å². The molecule has 0 bridgehead atoms. The molecule has 2 aliphatic heterocycles. The topological polar surface area (TPSA) is 82.7 Å². The van der Waals surface area contributed by atoms with Crippen LogP contribution in [0, 0.1) is 0 Å². The minimum atomic E-state index is -0.169. The average Bonchev–Trinajstić information content (AvgIpc) is 3.01. The Morgan fingerprint density at radius 3 is 2.83 bits per heavy atom. The van der Waals surface area contributed by atoms with Gasteiger partial charge in [0.25, 0.3) is 5.91 Å². The quantitative estimate of drug-likeness (QED) is 0.757. The van der Waals surface area contributed by atoms with Gasteiger partial charge in [0.05, 0.1) is 12.8 Å². The van der Waals surface area contributed by atoms with E-state index >= 15 is 0 Å². The van der Waals surface area contributed by atoms with Crippen LogP contribution in [0.5, 0.6) is 5.75 Å². The number of halogens is 1. The van der Waals surface area contributed by atoms with Crippen LogP contribution in [0.4, 0.5) is 10.5 Å². The van der Waals surface area contributed by atoms with Gasteiger partial charge >= 0.3 is 6.03 Å². The van der Waals surface area contributed by atoms with Crippen LogP contribution in [0.2, 0.25) is 0 Å². The van der Waals surface area contributed by atoms with Crippen molar-refractivity contribution in [2.75, 3.05) is 38.2 Å². The van der Waals surface area contributed by atoms with Crippen molar-refractivity contribution in [3.05, 3.63) is 23.8 Å². The highest BCUT2D eigenvalue weighted by Gasteiger charge is 2.25. The Balaban J connectivity index is 0.00000208. The first-order valence-corrected chi connectivity index (χ1v) is 7.94.